The van der Waals surface area contributed by atoms with Crippen LogP contribution in [0.5, 0.6) is 0 Å². The third-order valence-electron chi connectivity index (χ3n) is 3.28. The highest BCUT2D eigenvalue weighted by Crippen LogP contribution is 1.97. The van der Waals surface area contributed by atoms with Gasteiger partial charge in [0.2, 0.25) is 0 Å². The van der Waals surface area contributed by atoms with Crippen molar-refractivity contribution >= 4 is 30.0 Å². The van der Waals surface area contributed by atoms with Crippen molar-refractivity contribution in [3.8, 4) is 0 Å². The van der Waals surface area contributed by atoms with Crippen molar-refractivity contribution in [2.24, 2.45) is 0 Å². The average molecular weight is 493 g/mol. The maximum atomic E-state index is 10.5. The Bertz CT molecular complexity index is 809. The Kier molecular flexibility index (Phi) is 25.1. The standard InChI is InChI=1S/C8H8.C7H12O2.C6H10O3.C5H6O4/c1-2-8-6-4-3-5-7-8;1-3-5-6-9-7(8)4-2;1-5(2)6(8)9-4-3-7;1-3(5(8)9)2-4(6)7/h2-7H,1H2;4H,2-3,5-6H2,1H3;7H,1,3-4H2,2H3;1-2H2,(H,6,7)(H,8,9). The van der Waals surface area contributed by atoms with E-state index in [0.29, 0.717) is 12.2 Å². The van der Waals surface area contributed by atoms with E-state index in [1.165, 1.54) is 11.6 Å². The summed E-state index contributed by atoms with van der Waals surface area (Å²) >= 11 is 0. The van der Waals surface area contributed by atoms with E-state index in [1.54, 1.807) is 6.92 Å². The van der Waals surface area contributed by atoms with Gasteiger partial charge in [-0.1, -0.05) is 76.1 Å². The Hall–Kier alpha value is -3.98. The summed E-state index contributed by atoms with van der Waals surface area (Å²) in [7, 11) is 0. The van der Waals surface area contributed by atoms with Crippen LogP contribution in [-0.2, 0) is 28.7 Å². The molecular formula is C26H36O9. The SMILES string of the molecule is C=C(C)C(=O)OCCO.C=C(CC(=O)O)C(=O)O.C=CC(=O)OCCCC.C=Cc1ccccc1. The number of rotatable bonds is 11. The highest BCUT2D eigenvalue weighted by atomic mass is 16.5. The highest BCUT2D eigenvalue weighted by Gasteiger charge is 2.07. The van der Waals surface area contributed by atoms with E-state index < -0.39 is 24.3 Å². The molecule has 0 unspecified atom stereocenters. The van der Waals surface area contributed by atoms with Gasteiger partial charge in [0.1, 0.15) is 6.61 Å². The maximum Gasteiger partial charge on any atom is 0.333 e. The van der Waals surface area contributed by atoms with Gasteiger partial charge in [-0.15, -0.1) is 0 Å². The molecule has 1 rings (SSSR count). The number of ether oxygens (including phenoxy) is 2. The second-order valence-corrected chi connectivity index (χ2v) is 6.46. The molecule has 194 valence electrons. The van der Waals surface area contributed by atoms with Crippen molar-refractivity contribution in [1.82, 2.24) is 0 Å². The fourth-order valence-corrected chi connectivity index (χ4v) is 1.48. The zero-order valence-corrected chi connectivity index (χ0v) is 20.4. The van der Waals surface area contributed by atoms with Crippen LogP contribution < -0.4 is 0 Å². The largest absolute Gasteiger partial charge is 0.481 e. The normalized spacial score (nSPS) is 8.54. The van der Waals surface area contributed by atoms with E-state index in [2.05, 4.69) is 35.8 Å². The molecule has 0 atom stereocenters. The quantitative estimate of drug-likeness (QED) is 0.236. The summed E-state index contributed by atoms with van der Waals surface area (Å²) in [6.45, 7) is 17.3. The summed E-state index contributed by atoms with van der Waals surface area (Å²) in [4.78, 5) is 40.5. The first-order chi connectivity index (χ1) is 16.5. The number of carboxylic acids is 2. The number of unbranched alkanes of at least 4 members (excludes halogenated alkanes) is 1. The topological polar surface area (TPSA) is 147 Å². The summed E-state index contributed by atoms with van der Waals surface area (Å²) in [5, 5.41) is 24.3. The van der Waals surface area contributed by atoms with Gasteiger partial charge in [-0.2, -0.15) is 0 Å². The van der Waals surface area contributed by atoms with Crippen LogP contribution in [0.4, 0.5) is 0 Å². The molecule has 35 heavy (non-hydrogen) atoms. The minimum Gasteiger partial charge on any atom is -0.481 e. The molecule has 0 aliphatic heterocycles. The number of carbonyl (C=O) groups is 4. The third-order valence-corrected chi connectivity index (χ3v) is 3.28. The van der Waals surface area contributed by atoms with E-state index in [-0.39, 0.29) is 24.8 Å². The molecule has 0 saturated carbocycles. The Morgan fingerprint density at radius 1 is 0.971 bits per heavy atom. The van der Waals surface area contributed by atoms with Gasteiger partial charge >= 0.3 is 23.9 Å². The van der Waals surface area contributed by atoms with Crippen molar-refractivity contribution in [1.29, 1.82) is 0 Å². The van der Waals surface area contributed by atoms with E-state index in [0.717, 1.165) is 12.8 Å². The number of esters is 2. The van der Waals surface area contributed by atoms with Crippen LogP contribution in [0.1, 0.15) is 38.7 Å². The molecule has 0 spiro atoms. The predicted molar refractivity (Wildman–Crippen MR) is 134 cm³/mol. The summed E-state index contributed by atoms with van der Waals surface area (Å²) in [5.41, 5.74) is 1.22. The second kappa shape index (κ2) is 24.7. The molecule has 3 N–H and O–H groups in total. The predicted octanol–water partition coefficient (Wildman–Crippen LogP) is 4.05. The molecule has 0 aliphatic rings. The summed E-state index contributed by atoms with van der Waals surface area (Å²) < 4.78 is 9.14. The van der Waals surface area contributed by atoms with Crippen molar-refractivity contribution in [2.45, 2.75) is 33.1 Å². The van der Waals surface area contributed by atoms with Crippen LogP contribution in [0.2, 0.25) is 0 Å². The first kappa shape index (κ1) is 35.6. The molecule has 0 saturated heterocycles. The molecule has 9 nitrogen and oxygen atoms in total. The lowest BCUT2D eigenvalue weighted by atomic mass is 10.2. The minimum absolute atomic E-state index is 0.0473. The lowest BCUT2D eigenvalue weighted by Crippen LogP contribution is -2.08. The van der Waals surface area contributed by atoms with Gasteiger partial charge in [0.15, 0.2) is 0 Å². The van der Waals surface area contributed by atoms with Crippen LogP contribution >= 0.6 is 0 Å². The summed E-state index contributed by atoms with van der Waals surface area (Å²) in [6, 6.07) is 10.0. The molecule has 0 radical (unpaired) electrons. The minimum atomic E-state index is -1.27. The van der Waals surface area contributed by atoms with Gasteiger partial charge in [-0.05, 0) is 18.9 Å². The molecule has 0 aromatic heterocycles. The molecule has 0 fully saturated rings. The zero-order chi connectivity index (χ0) is 27.6. The zero-order valence-electron chi connectivity index (χ0n) is 20.4. The third kappa shape index (κ3) is 28.0. The molecule has 0 amide bonds. The van der Waals surface area contributed by atoms with Crippen molar-refractivity contribution in [2.75, 3.05) is 19.8 Å². The first-order valence-corrected chi connectivity index (χ1v) is 10.5. The fraction of sp³-hybridized carbons (Fsp3) is 0.308. The molecule has 0 bridgehead atoms. The number of aliphatic carboxylic acids is 2. The van der Waals surface area contributed by atoms with Crippen molar-refractivity contribution in [3.63, 3.8) is 0 Å². The number of carbonyl (C=O) groups excluding carboxylic acids is 2. The van der Waals surface area contributed by atoms with Gasteiger partial charge in [0, 0.05) is 17.2 Å². The van der Waals surface area contributed by atoms with E-state index in [4.69, 9.17) is 15.3 Å². The van der Waals surface area contributed by atoms with Crippen LogP contribution in [0, 0.1) is 0 Å². The van der Waals surface area contributed by atoms with E-state index >= 15 is 0 Å². The van der Waals surface area contributed by atoms with E-state index in [9.17, 15) is 19.2 Å². The maximum absolute atomic E-state index is 10.5. The molecule has 0 aliphatic carbocycles. The molecule has 0 heterocycles. The second-order valence-electron chi connectivity index (χ2n) is 6.46. The van der Waals surface area contributed by atoms with Gasteiger partial charge in [0.05, 0.1) is 19.6 Å². The number of carboxylic acid groups (broad SMARTS) is 2. The lowest BCUT2D eigenvalue weighted by Gasteiger charge is -1.99. The van der Waals surface area contributed by atoms with Crippen LogP contribution in [0.15, 0.2) is 73.9 Å². The number of aliphatic hydroxyl groups excluding tert-OH is 1. The summed E-state index contributed by atoms with van der Waals surface area (Å²) in [5.74, 6) is -3.23. The van der Waals surface area contributed by atoms with Crippen LogP contribution in [0.25, 0.3) is 6.08 Å². The molecular weight excluding hydrogens is 456 g/mol. The molecule has 9 heteroatoms. The van der Waals surface area contributed by atoms with Gasteiger partial charge in [0.25, 0.3) is 0 Å². The monoisotopic (exact) mass is 492 g/mol. The van der Waals surface area contributed by atoms with Crippen LogP contribution in [-0.4, -0.2) is 59.0 Å². The Labute approximate surface area is 206 Å². The Balaban J connectivity index is -0.000000390. The number of hydrogen-bond acceptors (Lipinski definition) is 7. The Morgan fingerprint density at radius 2 is 1.54 bits per heavy atom. The molecule has 1 aromatic rings. The number of hydrogen-bond donors (Lipinski definition) is 3. The smallest absolute Gasteiger partial charge is 0.333 e. The Morgan fingerprint density at radius 3 is 1.86 bits per heavy atom. The fourth-order valence-electron chi connectivity index (χ4n) is 1.48. The highest BCUT2D eigenvalue weighted by molar-refractivity contribution is 5.91. The molecule has 1 aromatic carbocycles. The van der Waals surface area contributed by atoms with Gasteiger partial charge in [-0.25, -0.2) is 14.4 Å². The average Bonchev–Trinajstić information content (AvgIpc) is 2.83. The number of benzene rings is 1. The van der Waals surface area contributed by atoms with Crippen molar-refractivity contribution < 1.29 is 44.0 Å². The summed E-state index contributed by atoms with van der Waals surface area (Å²) in [6.07, 6.45) is 4.48. The lowest BCUT2D eigenvalue weighted by molar-refractivity contribution is -0.140. The van der Waals surface area contributed by atoms with Crippen molar-refractivity contribution in [3.05, 3.63) is 79.4 Å². The van der Waals surface area contributed by atoms with Gasteiger partial charge < -0.3 is 24.8 Å². The number of aliphatic hydroxyl groups is 1. The van der Waals surface area contributed by atoms with Gasteiger partial charge in [-0.3, -0.25) is 4.79 Å². The van der Waals surface area contributed by atoms with E-state index in [1.807, 2.05) is 43.3 Å². The first-order valence-electron chi connectivity index (χ1n) is 10.5. The van der Waals surface area contributed by atoms with Crippen LogP contribution in [0.3, 0.4) is 0 Å².